The van der Waals surface area contributed by atoms with E-state index in [-0.39, 0.29) is 12.0 Å². The normalized spacial score (nSPS) is 22.4. The molecule has 0 saturated heterocycles. The quantitative estimate of drug-likeness (QED) is 0.604. The molecule has 0 aromatic carbocycles. The molecule has 1 aliphatic carbocycles. The van der Waals surface area contributed by atoms with Gasteiger partial charge in [0.15, 0.2) is 0 Å². The maximum absolute atomic E-state index is 8.85. The average molecular weight is 315 g/mol. The zero-order chi connectivity index (χ0) is 17.7. The molecule has 0 aliphatic heterocycles. The summed E-state index contributed by atoms with van der Waals surface area (Å²) in [7, 11) is 0. The van der Waals surface area contributed by atoms with Gasteiger partial charge in [-0.1, -0.05) is 80.9 Å². The van der Waals surface area contributed by atoms with E-state index in [4.69, 9.17) is 5.11 Å². The summed E-state index contributed by atoms with van der Waals surface area (Å²) in [6.45, 7) is 16.0. The zero-order valence-corrected chi connectivity index (χ0v) is 16.0. The second-order valence-electron chi connectivity index (χ2n) is 7.94. The van der Waals surface area contributed by atoms with E-state index >= 15 is 0 Å². The molecular weight excluding hydrogens is 280 g/mol. The van der Waals surface area contributed by atoms with Crippen LogP contribution in [0.3, 0.4) is 0 Å². The lowest BCUT2D eigenvalue weighted by Crippen LogP contribution is -2.37. The highest BCUT2D eigenvalue weighted by Gasteiger charge is 2.42. The second kappa shape index (κ2) is 7.97. The van der Waals surface area contributed by atoms with Gasteiger partial charge in [-0.05, 0) is 50.0 Å². The van der Waals surface area contributed by atoms with Crippen LogP contribution in [0.1, 0.15) is 61.3 Å². The Hall–Kier alpha value is -1.34. The Kier molecular flexibility index (Phi) is 6.83. The Morgan fingerprint density at radius 3 is 2.35 bits per heavy atom. The first-order valence-electron chi connectivity index (χ1n) is 8.62. The van der Waals surface area contributed by atoms with E-state index in [9.17, 15) is 0 Å². The molecule has 0 amide bonds. The summed E-state index contributed by atoms with van der Waals surface area (Å²) in [6, 6.07) is 0. The third-order valence-corrected chi connectivity index (χ3v) is 5.59. The largest absolute Gasteiger partial charge is 0.392 e. The molecule has 0 bridgehead atoms. The van der Waals surface area contributed by atoms with Crippen molar-refractivity contribution in [3.8, 4) is 0 Å². The molecule has 1 nitrogen and oxygen atoms in total. The van der Waals surface area contributed by atoms with Crippen molar-refractivity contribution >= 4 is 0 Å². The Labute approximate surface area is 143 Å². The van der Waals surface area contributed by atoms with Crippen LogP contribution in [-0.4, -0.2) is 11.7 Å². The maximum atomic E-state index is 8.85. The van der Waals surface area contributed by atoms with Crippen LogP contribution in [0.4, 0.5) is 0 Å². The van der Waals surface area contributed by atoms with Crippen molar-refractivity contribution < 1.29 is 5.11 Å². The second-order valence-corrected chi connectivity index (χ2v) is 7.94. The molecule has 1 N–H and O–H groups in total. The van der Waals surface area contributed by atoms with Gasteiger partial charge in [0, 0.05) is 0 Å². The molecule has 1 rings (SSSR count). The van der Waals surface area contributed by atoms with E-state index in [1.165, 1.54) is 29.6 Å². The fourth-order valence-electron chi connectivity index (χ4n) is 3.03. The van der Waals surface area contributed by atoms with Crippen LogP contribution < -0.4 is 0 Å². The predicted octanol–water partition coefficient (Wildman–Crippen LogP) is 6.15. The number of rotatable bonds is 5. The number of allylic oxidation sites excluding steroid dienone is 9. The first-order valence-corrected chi connectivity index (χ1v) is 8.62. The van der Waals surface area contributed by atoms with Crippen molar-refractivity contribution in [3.63, 3.8) is 0 Å². The van der Waals surface area contributed by atoms with Gasteiger partial charge in [-0.25, -0.2) is 0 Å². The van der Waals surface area contributed by atoms with Gasteiger partial charge >= 0.3 is 0 Å². The van der Waals surface area contributed by atoms with Crippen molar-refractivity contribution in [2.75, 3.05) is 6.61 Å². The van der Waals surface area contributed by atoms with E-state index < -0.39 is 0 Å². The standard InChI is InChI=1S/C22H34O/c1-17(9-8-10-18(2)14-16-23)11-12-20-19(3)13-15-21(4,5)22(20,6)7/h8-12,14,23H,13,15-16H2,1-7H3/b10-8+,12-11+,17-9+,18-14+. The third kappa shape index (κ3) is 5.07. The van der Waals surface area contributed by atoms with Gasteiger partial charge in [0.05, 0.1) is 6.61 Å². The SMILES string of the molecule is CC1=C(/C=C/C(C)=C/C=C/C(C)=C/CO)C(C)(C)C(C)(C)CC1. The van der Waals surface area contributed by atoms with Gasteiger partial charge in [0.1, 0.15) is 0 Å². The minimum absolute atomic E-state index is 0.0943. The third-order valence-electron chi connectivity index (χ3n) is 5.59. The molecule has 0 atom stereocenters. The fraction of sp³-hybridized carbons (Fsp3) is 0.545. The summed E-state index contributed by atoms with van der Waals surface area (Å²) < 4.78 is 0. The van der Waals surface area contributed by atoms with Gasteiger partial charge < -0.3 is 5.11 Å². The summed E-state index contributed by atoms with van der Waals surface area (Å²) >= 11 is 0. The number of aliphatic hydroxyl groups is 1. The van der Waals surface area contributed by atoms with Crippen molar-refractivity contribution in [3.05, 3.63) is 58.7 Å². The van der Waals surface area contributed by atoms with Gasteiger partial charge in [0.2, 0.25) is 0 Å². The fourth-order valence-corrected chi connectivity index (χ4v) is 3.03. The topological polar surface area (TPSA) is 20.2 Å². The molecule has 0 unspecified atom stereocenters. The Morgan fingerprint density at radius 2 is 1.74 bits per heavy atom. The molecule has 0 aromatic rings. The van der Waals surface area contributed by atoms with Gasteiger partial charge in [-0.3, -0.25) is 0 Å². The summed E-state index contributed by atoms with van der Waals surface area (Å²) in [4.78, 5) is 0. The lowest BCUT2D eigenvalue weighted by molar-refractivity contribution is 0.128. The summed E-state index contributed by atoms with van der Waals surface area (Å²) in [5, 5.41) is 8.85. The molecule has 0 fully saturated rings. The summed E-state index contributed by atoms with van der Waals surface area (Å²) in [5.41, 5.74) is 5.85. The predicted molar refractivity (Wildman–Crippen MR) is 102 cm³/mol. The maximum Gasteiger partial charge on any atom is 0.0617 e. The smallest absolute Gasteiger partial charge is 0.0617 e. The lowest BCUT2D eigenvalue weighted by atomic mass is 9.57. The number of hydrogen-bond acceptors (Lipinski definition) is 1. The van der Waals surface area contributed by atoms with E-state index in [0.29, 0.717) is 5.41 Å². The van der Waals surface area contributed by atoms with Crippen molar-refractivity contribution in [2.45, 2.75) is 61.3 Å². The molecule has 0 saturated carbocycles. The zero-order valence-electron chi connectivity index (χ0n) is 16.0. The molecule has 0 spiro atoms. The summed E-state index contributed by atoms with van der Waals surface area (Å²) in [5.74, 6) is 0. The van der Waals surface area contributed by atoms with Crippen molar-refractivity contribution in [1.82, 2.24) is 0 Å². The van der Waals surface area contributed by atoms with Crippen LogP contribution in [0.5, 0.6) is 0 Å². The first kappa shape index (κ1) is 19.7. The van der Waals surface area contributed by atoms with Crippen LogP contribution in [0.15, 0.2) is 58.7 Å². The molecule has 128 valence electrons. The molecule has 0 heterocycles. The highest BCUT2D eigenvalue weighted by molar-refractivity contribution is 5.38. The minimum atomic E-state index is 0.0943. The monoisotopic (exact) mass is 314 g/mol. The van der Waals surface area contributed by atoms with Gasteiger partial charge in [-0.15, -0.1) is 0 Å². The first-order chi connectivity index (χ1) is 10.6. The minimum Gasteiger partial charge on any atom is -0.392 e. The van der Waals surface area contributed by atoms with Crippen molar-refractivity contribution in [2.24, 2.45) is 10.8 Å². The van der Waals surface area contributed by atoms with Crippen LogP contribution in [0.25, 0.3) is 0 Å². The average Bonchev–Trinajstić information content (AvgIpc) is 2.44. The molecule has 0 aromatic heterocycles. The molecule has 23 heavy (non-hydrogen) atoms. The Bertz CT molecular complexity index is 563. The lowest BCUT2D eigenvalue weighted by Gasteiger charge is -2.47. The summed E-state index contributed by atoms with van der Waals surface area (Å²) in [6.07, 6.45) is 15.0. The van der Waals surface area contributed by atoms with Crippen LogP contribution >= 0.6 is 0 Å². The Balaban J connectivity index is 2.93. The molecule has 0 radical (unpaired) electrons. The number of hydrogen-bond donors (Lipinski definition) is 1. The highest BCUT2D eigenvalue weighted by atomic mass is 16.2. The van der Waals surface area contributed by atoms with Crippen molar-refractivity contribution in [1.29, 1.82) is 0 Å². The van der Waals surface area contributed by atoms with Gasteiger partial charge in [0.25, 0.3) is 0 Å². The van der Waals surface area contributed by atoms with Crippen LogP contribution in [-0.2, 0) is 0 Å². The highest BCUT2D eigenvalue weighted by Crippen LogP contribution is 2.52. The van der Waals surface area contributed by atoms with E-state index in [0.717, 1.165) is 5.57 Å². The van der Waals surface area contributed by atoms with Crippen LogP contribution in [0.2, 0.25) is 0 Å². The van der Waals surface area contributed by atoms with Crippen LogP contribution in [0, 0.1) is 10.8 Å². The van der Waals surface area contributed by atoms with E-state index in [1.54, 1.807) is 6.08 Å². The number of aliphatic hydroxyl groups excluding tert-OH is 1. The van der Waals surface area contributed by atoms with Gasteiger partial charge in [-0.2, -0.15) is 0 Å². The molecule has 1 heteroatoms. The molecule has 1 aliphatic rings. The molecular formula is C22H34O. The van der Waals surface area contributed by atoms with E-state index in [1.807, 2.05) is 19.1 Å². The Morgan fingerprint density at radius 1 is 1.09 bits per heavy atom. The van der Waals surface area contributed by atoms with E-state index in [2.05, 4.69) is 59.8 Å².